The van der Waals surface area contributed by atoms with Crippen molar-refractivity contribution >= 4 is 51.9 Å². The van der Waals surface area contributed by atoms with E-state index in [-0.39, 0.29) is 28.4 Å². The Kier molecular flexibility index (Phi) is 6.30. The molecule has 178 valence electrons. The van der Waals surface area contributed by atoms with Gasteiger partial charge in [-0.15, -0.1) is 0 Å². The van der Waals surface area contributed by atoms with E-state index in [1.165, 1.54) is 19.1 Å². The van der Waals surface area contributed by atoms with Crippen molar-refractivity contribution < 1.29 is 23.9 Å². The summed E-state index contributed by atoms with van der Waals surface area (Å²) in [5.41, 5.74) is 2.99. The van der Waals surface area contributed by atoms with Gasteiger partial charge in [0.2, 0.25) is 0 Å². The SMILES string of the molecule is CC(OC(=O)CSc1cnc2ccccc2n1)C(=O)Nc1ccc2c(c1)C(=O)c1ccccc1C2=O. The number of hydrogen-bond donors (Lipinski definition) is 1. The van der Waals surface area contributed by atoms with Gasteiger partial charge < -0.3 is 10.1 Å². The number of amides is 1. The lowest BCUT2D eigenvalue weighted by molar-refractivity contribution is -0.150. The average Bonchev–Trinajstić information content (AvgIpc) is 2.90. The van der Waals surface area contributed by atoms with Gasteiger partial charge in [-0.25, -0.2) is 4.98 Å². The van der Waals surface area contributed by atoms with Crippen LogP contribution in [-0.4, -0.2) is 45.3 Å². The molecular formula is C27H19N3O5S. The molecule has 0 radical (unpaired) electrons. The van der Waals surface area contributed by atoms with Gasteiger partial charge in [0.05, 0.1) is 23.0 Å². The van der Waals surface area contributed by atoms with E-state index < -0.39 is 18.0 Å². The predicted octanol–water partition coefficient (Wildman–Crippen LogP) is 4.07. The third kappa shape index (κ3) is 4.60. The lowest BCUT2D eigenvalue weighted by Crippen LogP contribution is -2.30. The average molecular weight is 498 g/mol. The van der Waals surface area contributed by atoms with E-state index in [4.69, 9.17) is 4.74 Å². The first-order valence-corrected chi connectivity index (χ1v) is 12.1. The van der Waals surface area contributed by atoms with Gasteiger partial charge in [0.15, 0.2) is 17.7 Å². The van der Waals surface area contributed by atoms with Gasteiger partial charge in [-0.1, -0.05) is 48.2 Å². The summed E-state index contributed by atoms with van der Waals surface area (Å²) in [6, 6.07) is 18.6. The van der Waals surface area contributed by atoms with Crippen LogP contribution in [0.15, 0.2) is 78.0 Å². The van der Waals surface area contributed by atoms with Crippen molar-refractivity contribution in [3.8, 4) is 0 Å². The van der Waals surface area contributed by atoms with Gasteiger partial charge in [-0.3, -0.25) is 24.2 Å². The fourth-order valence-electron chi connectivity index (χ4n) is 3.85. The molecule has 0 fully saturated rings. The maximum Gasteiger partial charge on any atom is 0.317 e. The van der Waals surface area contributed by atoms with Crippen LogP contribution in [0.4, 0.5) is 5.69 Å². The third-order valence-electron chi connectivity index (χ3n) is 5.63. The summed E-state index contributed by atoms with van der Waals surface area (Å²) in [6.45, 7) is 1.46. The van der Waals surface area contributed by atoms with E-state index in [0.29, 0.717) is 21.8 Å². The topological polar surface area (TPSA) is 115 Å². The Balaban J connectivity index is 1.20. The number of aromatic nitrogens is 2. The quantitative estimate of drug-likeness (QED) is 0.276. The lowest BCUT2D eigenvalue weighted by atomic mass is 9.84. The number of anilines is 1. The summed E-state index contributed by atoms with van der Waals surface area (Å²) in [5.74, 6) is -1.72. The molecule has 1 heterocycles. The zero-order valence-corrected chi connectivity index (χ0v) is 19.9. The Morgan fingerprint density at radius 3 is 2.28 bits per heavy atom. The summed E-state index contributed by atoms with van der Waals surface area (Å²) in [4.78, 5) is 59.3. The van der Waals surface area contributed by atoms with Gasteiger partial charge in [-0.2, -0.15) is 0 Å². The Morgan fingerprint density at radius 2 is 1.53 bits per heavy atom. The van der Waals surface area contributed by atoms with Crippen LogP contribution in [0.2, 0.25) is 0 Å². The molecule has 1 aliphatic rings. The number of ketones is 2. The molecule has 8 nitrogen and oxygen atoms in total. The van der Waals surface area contributed by atoms with Crippen molar-refractivity contribution in [2.45, 2.75) is 18.1 Å². The zero-order chi connectivity index (χ0) is 25.2. The van der Waals surface area contributed by atoms with Crippen molar-refractivity contribution in [2.75, 3.05) is 11.1 Å². The molecule has 4 aromatic rings. The molecule has 0 aliphatic heterocycles. The van der Waals surface area contributed by atoms with E-state index in [9.17, 15) is 19.2 Å². The molecule has 3 aromatic carbocycles. The van der Waals surface area contributed by atoms with Gasteiger partial charge in [0.1, 0.15) is 5.03 Å². The number of benzene rings is 3. The molecule has 36 heavy (non-hydrogen) atoms. The van der Waals surface area contributed by atoms with Crippen LogP contribution in [0.5, 0.6) is 0 Å². The number of esters is 1. The Bertz CT molecular complexity index is 1550. The number of nitrogens with one attached hydrogen (secondary N) is 1. The predicted molar refractivity (Wildman–Crippen MR) is 134 cm³/mol. The van der Waals surface area contributed by atoms with Crippen molar-refractivity contribution in [1.29, 1.82) is 0 Å². The second-order valence-corrected chi connectivity index (χ2v) is 9.07. The van der Waals surface area contributed by atoms with E-state index >= 15 is 0 Å². The van der Waals surface area contributed by atoms with E-state index in [2.05, 4.69) is 15.3 Å². The van der Waals surface area contributed by atoms with E-state index in [1.807, 2.05) is 24.3 Å². The summed E-state index contributed by atoms with van der Waals surface area (Å²) < 4.78 is 5.25. The minimum atomic E-state index is -1.07. The largest absolute Gasteiger partial charge is 0.452 e. The summed E-state index contributed by atoms with van der Waals surface area (Å²) >= 11 is 1.16. The Hall–Kier alpha value is -4.37. The first kappa shape index (κ1) is 23.4. The zero-order valence-electron chi connectivity index (χ0n) is 19.1. The van der Waals surface area contributed by atoms with Crippen molar-refractivity contribution in [3.63, 3.8) is 0 Å². The summed E-state index contributed by atoms with van der Waals surface area (Å²) in [7, 11) is 0. The van der Waals surface area contributed by atoms with Gasteiger partial charge in [0, 0.05) is 27.9 Å². The van der Waals surface area contributed by atoms with Crippen LogP contribution in [-0.2, 0) is 14.3 Å². The number of para-hydroxylation sites is 2. The van der Waals surface area contributed by atoms with Crippen molar-refractivity contribution in [1.82, 2.24) is 9.97 Å². The molecule has 1 aliphatic carbocycles. The number of ether oxygens (including phenoxy) is 1. The van der Waals surface area contributed by atoms with Crippen molar-refractivity contribution in [2.24, 2.45) is 0 Å². The normalized spacial score (nSPS) is 13.0. The summed E-state index contributed by atoms with van der Waals surface area (Å²) in [5, 5.41) is 3.21. The van der Waals surface area contributed by atoms with E-state index in [0.717, 1.165) is 22.8 Å². The van der Waals surface area contributed by atoms with Crippen LogP contribution >= 0.6 is 11.8 Å². The highest BCUT2D eigenvalue weighted by molar-refractivity contribution is 7.99. The smallest absolute Gasteiger partial charge is 0.317 e. The van der Waals surface area contributed by atoms with Crippen LogP contribution in [0.3, 0.4) is 0 Å². The minimum absolute atomic E-state index is 0.0422. The van der Waals surface area contributed by atoms with Gasteiger partial charge >= 0.3 is 5.97 Å². The highest BCUT2D eigenvalue weighted by Gasteiger charge is 2.29. The molecular weight excluding hydrogens is 478 g/mol. The maximum absolute atomic E-state index is 12.9. The number of nitrogens with zero attached hydrogens (tertiary/aromatic N) is 2. The highest BCUT2D eigenvalue weighted by atomic mass is 32.2. The van der Waals surface area contributed by atoms with Crippen LogP contribution in [0.1, 0.15) is 38.8 Å². The van der Waals surface area contributed by atoms with Crippen LogP contribution < -0.4 is 5.32 Å². The van der Waals surface area contributed by atoms with E-state index in [1.54, 1.807) is 36.5 Å². The summed E-state index contributed by atoms with van der Waals surface area (Å²) in [6.07, 6.45) is 0.506. The fraction of sp³-hybridized carbons (Fsp3) is 0.111. The highest BCUT2D eigenvalue weighted by Crippen LogP contribution is 2.29. The van der Waals surface area contributed by atoms with Gasteiger partial charge in [-0.05, 0) is 37.3 Å². The molecule has 5 rings (SSSR count). The number of fused-ring (bicyclic) bond motifs is 3. The first-order chi connectivity index (χ1) is 17.4. The molecule has 1 aromatic heterocycles. The molecule has 1 atom stereocenters. The second kappa shape index (κ2) is 9.71. The molecule has 1 N–H and O–H groups in total. The van der Waals surface area contributed by atoms with Crippen LogP contribution in [0, 0.1) is 0 Å². The first-order valence-electron chi connectivity index (χ1n) is 11.1. The number of hydrogen-bond acceptors (Lipinski definition) is 8. The van der Waals surface area contributed by atoms with Crippen molar-refractivity contribution in [3.05, 3.63) is 95.2 Å². The second-order valence-electron chi connectivity index (χ2n) is 8.07. The molecule has 0 bridgehead atoms. The lowest BCUT2D eigenvalue weighted by Gasteiger charge is -2.19. The Morgan fingerprint density at radius 1 is 0.889 bits per heavy atom. The number of carbonyl (C=O) groups excluding carboxylic acids is 4. The molecule has 0 saturated heterocycles. The standard InChI is InChI=1S/C27H19N3O5S/c1-15(35-24(31)14-36-23-13-28-21-8-4-5-9-22(21)30-23)27(34)29-16-10-11-19-20(12-16)26(33)18-7-3-2-6-17(18)25(19)32/h2-13,15H,14H2,1H3,(H,29,34). The number of thioether (sulfide) groups is 1. The minimum Gasteiger partial charge on any atom is -0.452 e. The third-order valence-corrected chi connectivity index (χ3v) is 6.51. The molecule has 1 amide bonds. The molecule has 1 unspecified atom stereocenters. The fourth-order valence-corrected chi connectivity index (χ4v) is 4.47. The molecule has 9 heteroatoms. The van der Waals surface area contributed by atoms with Gasteiger partial charge in [0.25, 0.3) is 5.91 Å². The Labute approximate surface area is 210 Å². The monoisotopic (exact) mass is 497 g/mol. The van der Waals surface area contributed by atoms with Crippen LogP contribution in [0.25, 0.3) is 11.0 Å². The molecule has 0 spiro atoms. The molecule has 0 saturated carbocycles. The maximum atomic E-state index is 12.9. The number of carbonyl (C=O) groups is 4. The number of rotatable bonds is 6.